The monoisotopic (exact) mass is 550 g/mol. The Morgan fingerprint density at radius 2 is 1.82 bits per heavy atom. The maximum absolute atomic E-state index is 13.5. The molecule has 8 heteroatoms. The first-order chi connectivity index (χ1) is 19.3. The Bertz CT molecular complexity index is 1250. The van der Waals surface area contributed by atoms with Gasteiger partial charge in [-0.25, -0.2) is 0 Å². The second kappa shape index (κ2) is 13.2. The van der Waals surface area contributed by atoms with E-state index in [-0.39, 0.29) is 17.4 Å². The topological polar surface area (TPSA) is 88.5 Å². The Morgan fingerprint density at radius 1 is 1.05 bits per heavy atom. The third kappa shape index (κ3) is 6.12. The highest BCUT2D eigenvalue weighted by Crippen LogP contribution is 2.43. The van der Waals surface area contributed by atoms with Crippen molar-refractivity contribution in [2.24, 2.45) is 0 Å². The van der Waals surface area contributed by atoms with Gasteiger partial charge in [0.1, 0.15) is 17.6 Å². The first-order valence-electron chi connectivity index (χ1n) is 14.5. The van der Waals surface area contributed by atoms with Crippen LogP contribution in [0.25, 0.3) is 5.76 Å². The normalized spacial score (nSPS) is 19.7. The van der Waals surface area contributed by atoms with Gasteiger partial charge in [0, 0.05) is 18.5 Å². The smallest absolute Gasteiger partial charge is 0.295 e. The highest BCUT2D eigenvalue weighted by Gasteiger charge is 2.46. The molecule has 0 unspecified atom stereocenters. The molecule has 0 aromatic heterocycles. The molecule has 2 aliphatic heterocycles. The molecule has 216 valence electrons. The second-order valence-corrected chi connectivity index (χ2v) is 10.3. The highest BCUT2D eigenvalue weighted by molar-refractivity contribution is 6.46. The van der Waals surface area contributed by atoms with E-state index < -0.39 is 17.7 Å². The summed E-state index contributed by atoms with van der Waals surface area (Å²) in [6, 6.07) is 10.2. The number of likely N-dealkylation sites (tertiary alicyclic amines) is 1. The Hall–Kier alpha value is -3.52. The zero-order valence-corrected chi connectivity index (χ0v) is 24.4. The minimum Gasteiger partial charge on any atom is -0.507 e. The van der Waals surface area contributed by atoms with Gasteiger partial charge >= 0.3 is 0 Å². The van der Waals surface area contributed by atoms with Crippen LogP contribution >= 0.6 is 0 Å². The largest absolute Gasteiger partial charge is 0.507 e. The molecule has 0 saturated carbocycles. The predicted octanol–water partition coefficient (Wildman–Crippen LogP) is 5.35. The average Bonchev–Trinajstić information content (AvgIpc) is 3.45. The molecule has 0 radical (unpaired) electrons. The summed E-state index contributed by atoms with van der Waals surface area (Å²) in [5, 5.41) is 11.6. The van der Waals surface area contributed by atoms with Crippen LogP contribution in [0.2, 0.25) is 0 Å². The highest BCUT2D eigenvalue weighted by atomic mass is 16.5. The Balaban J connectivity index is 1.78. The lowest BCUT2D eigenvalue weighted by molar-refractivity contribution is -0.140. The Morgan fingerprint density at radius 3 is 2.52 bits per heavy atom. The number of fused-ring (bicyclic) bond motifs is 1. The van der Waals surface area contributed by atoms with Crippen LogP contribution in [-0.2, 0) is 16.0 Å². The summed E-state index contributed by atoms with van der Waals surface area (Å²) in [5.41, 5.74) is 2.24. The van der Waals surface area contributed by atoms with Crippen LogP contribution in [0.3, 0.4) is 0 Å². The number of carbonyl (C=O) groups excluding carboxylic acids is 2. The van der Waals surface area contributed by atoms with Crippen LogP contribution in [0.15, 0.2) is 42.0 Å². The quantitative estimate of drug-likeness (QED) is 0.204. The van der Waals surface area contributed by atoms with E-state index in [4.69, 9.17) is 14.2 Å². The van der Waals surface area contributed by atoms with Gasteiger partial charge in [0.2, 0.25) is 0 Å². The van der Waals surface area contributed by atoms with Crippen molar-refractivity contribution in [2.75, 3.05) is 39.4 Å². The lowest BCUT2D eigenvalue weighted by Gasteiger charge is -2.27. The maximum Gasteiger partial charge on any atom is 0.295 e. The van der Waals surface area contributed by atoms with Crippen molar-refractivity contribution in [3.05, 3.63) is 58.7 Å². The van der Waals surface area contributed by atoms with Crippen molar-refractivity contribution >= 4 is 17.4 Å². The van der Waals surface area contributed by atoms with Crippen molar-refractivity contribution < 1.29 is 28.9 Å². The van der Waals surface area contributed by atoms with Crippen molar-refractivity contribution in [3.63, 3.8) is 0 Å². The number of aliphatic hydroxyl groups excluding tert-OH is 1. The standard InChI is InChI=1S/C32H42N2O6/c1-6-17-39-26-14-11-22(20-27(26)38-9-4)29-28(30(35)23-12-13-25-24(19-23)18-21(5)40-25)31(36)32(37)34(29)16-10-15-33(7-2)8-3/h11-14,19-21,29,35H,6-10,15-18H2,1-5H3/t21-,29-/m0/s1. The molecule has 0 spiro atoms. The van der Waals surface area contributed by atoms with E-state index in [1.54, 1.807) is 11.0 Å². The molecule has 1 fully saturated rings. The summed E-state index contributed by atoms with van der Waals surface area (Å²) in [5.74, 6) is 0.473. The first-order valence-corrected chi connectivity index (χ1v) is 14.5. The van der Waals surface area contributed by atoms with E-state index in [9.17, 15) is 14.7 Å². The summed E-state index contributed by atoms with van der Waals surface area (Å²) in [6.07, 6.45) is 2.32. The zero-order valence-electron chi connectivity index (χ0n) is 24.4. The van der Waals surface area contributed by atoms with Gasteiger partial charge in [-0.05, 0) is 87.8 Å². The van der Waals surface area contributed by atoms with E-state index in [0.717, 1.165) is 43.8 Å². The van der Waals surface area contributed by atoms with Crippen LogP contribution in [0, 0.1) is 0 Å². The molecule has 1 amide bonds. The molecule has 1 N–H and O–H groups in total. The van der Waals surface area contributed by atoms with Crippen molar-refractivity contribution in [2.45, 2.75) is 66.0 Å². The predicted molar refractivity (Wildman–Crippen MR) is 155 cm³/mol. The number of aliphatic hydroxyl groups is 1. The first kappa shape index (κ1) is 29.5. The molecule has 2 heterocycles. The number of ketones is 1. The van der Waals surface area contributed by atoms with Gasteiger partial charge in [-0.2, -0.15) is 0 Å². The van der Waals surface area contributed by atoms with Crippen molar-refractivity contribution in [1.29, 1.82) is 0 Å². The Kier molecular flexibility index (Phi) is 9.74. The number of nitrogens with zero attached hydrogens (tertiary/aromatic N) is 2. The number of hydrogen-bond donors (Lipinski definition) is 1. The minimum atomic E-state index is -0.750. The fourth-order valence-corrected chi connectivity index (χ4v) is 5.48. The molecule has 0 bridgehead atoms. The summed E-state index contributed by atoms with van der Waals surface area (Å²) in [7, 11) is 0. The molecule has 2 atom stereocenters. The summed E-state index contributed by atoms with van der Waals surface area (Å²) < 4.78 is 17.6. The second-order valence-electron chi connectivity index (χ2n) is 10.3. The van der Waals surface area contributed by atoms with Crippen LogP contribution < -0.4 is 14.2 Å². The van der Waals surface area contributed by atoms with Gasteiger partial charge in [-0.1, -0.05) is 26.8 Å². The molecule has 2 aliphatic rings. The van der Waals surface area contributed by atoms with Gasteiger partial charge in [-0.15, -0.1) is 0 Å². The molecular weight excluding hydrogens is 508 g/mol. The molecule has 8 nitrogen and oxygen atoms in total. The van der Waals surface area contributed by atoms with Gasteiger partial charge in [0.25, 0.3) is 11.7 Å². The minimum absolute atomic E-state index is 0.0502. The third-order valence-electron chi connectivity index (χ3n) is 7.52. The SMILES string of the molecule is CCCOc1ccc([C@H]2C(=C(O)c3ccc4c(c3)C[C@H](C)O4)C(=O)C(=O)N2CCCN(CC)CC)cc1OCC. The number of ether oxygens (including phenoxy) is 3. The summed E-state index contributed by atoms with van der Waals surface area (Å²) in [6.45, 7) is 14.1. The summed E-state index contributed by atoms with van der Waals surface area (Å²) >= 11 is 0. The van der Waals surface area contributed by atoms with E-state index in [1.807, 2.05) is 51.1 Å². The molecule has 1 saturated heterocycles. The van der Waals surface area contributed by atoms with Crippen molar-refractivity contribution in [3.8, 4) is 17.2 Å². The van der Waals surface area contributed by atoms with Gasteiger partial charge < -0.3 is 29.1 Å². The lowest BCUT2D eigenvalue weighted by Crippen LogP contribution is -2.33. The zero-order chi connectivity index (χ0) is 28.8. The fraction of sp³-hybridized carbons (Fsp3) is 0.500. The fourth-order valence-electron chi connectivity index (χ4n) is 5.48. The van der Waals surface area contributed by atoms with E-state index in [0.29, 0.717) is 48.8 Å². The van der Waals surface area contributed by atoms with E-state index in [2.05, 4.69) is 18.7 Å². The Labute approximate surface area is 237 Å². The van der Waals surface area contributed by atoms with Gasteiger partial charge in [0.05, 0.1) is 24.8 Å². The molecule has 0 aliphatic carbocycles. The van der Waals surface area contributed by atoms with E-state index >= 15 is 0 Å². The van der Waals surface area contributed by atoms with Gasteiger partial charge in [0.15, 0.2) is 11.5 Å². The van der Waals surface area contributed by atoms with Crippen molar-refractivity contribution in [1.82, 2.24) is 9.80 Å². The summed E-state index contributed by atoms with van der Waals surface area (Å²) in [4.78, 5) is 30.8. The van der Waals surface area contributed by atoms with Crippen LogP contribution in [0.5, 0.6) is 17.2 Å². The molecular formula is C32H42N2O6. The number of rotatable bonds is 13. The van der Waals surface area contributed by atoms with Gasteiger partial charge in [-0.3, -0.25) is 9.59 Å². The maximum atomic E-state index is 13.5. The van der Waals surface area contributed by atoms with Crippen LogP contribution in [0.1, 0.15) is 70.2 Å². The number of hydrogen-bond acceptors (Lipinski definition) is 7. The molecule has 2 aromatic carbocycles. The van der Waals surface area contributed by atoms with Crippen LogP contribution in [0.4, 0.5) is 0 Å². The van der Waals surface area contributed by atoms with Crippen LogP contribution in [-0.4, -0.2) is 72.1 Å². The average molecular weight is 551 g/mol. The lowest BCUT2D eigenvalue weighted by atomic mass is 9.94. The number of amides is 1. The number of carbonyl (C=O) groups is 2. The molecule has 40 heavy (non-hydrogen) atoms. The molecule has 2 aromatic rings. The van der Waals surface area contributed by atoms with E-state index in [1.165, 1.54) is 0 Å². The number of benzene rings is 2. The number of Topliss-reactive ketones (excluding diaryl/α,β-unsaturated/α-hetero) is 1. The third-order valence-corrected chi connectivity index (χ3v) is 7.52. The molecule has 4 rings (SSSR count).